The molecule has 0 spiro atoms. The lowest BCUT2D eigenvalue weighted by Gasteiger charge is -2.20. The highest BCUT2D eigenvalue weighted by Gasteiger charge is 2.58. The van der Waals surface area contributed by atoms with Gasteiger partial charge in [0.05, 0.1) is 6.61 Å². The Morgan fingerprint density at radius 3 is 2.00 bits per heavy atom. The first kappa shape index (κ1) is 12.3. The van der Waals surface area contributed by atoms with Gasteiger partial charge in [0.25, 0.3) is 0 Å². The molecule has 0 rings (SSSR count). The number of hydrogen-bond acceptors (Lipinski definition) is 1. The Labute approximate surface area is 72.2 Å². The van der Waals surface area contributed by atoms with E-state index in [9.17, 15) is 22.0 Å². The average molecular weight is 204 g/mol. The molecule has 0 saturated carbocycles. The van der Waals surface area contributed by atoms with Crippen LogP contribution in [0.3, 0.4) is 0 Å². The number of hydrogen-bond donors (Lipinski definition) is 0. The van der Waals surface area contributed by atoms with Gasteiger partial charge in [-0.1, -0.05) is 6.08 Å². The maximum absolute atomic E-state index is 12.4. The lowest BCUT2D eigenvalue weighted by molar-refractivity contribution is -0.264. The zero-order valence-electron chi connectivity index (χ0n) is 7.08. The van der Waals surface area contributed by atoms with Gasteiger partial charge in [0.2, 0.25) is 0 Å². The van der Waals surface area contributed by atoms with E-state index in [4.69, 9.17) is 0 Å². The van der Waals surface area contributed by atoms with E-state index in [0.717, 1.165) is 0 Å². The third-order valence-electron chi connectivity index (χ3n) is 1.41. The van der Waals surface area contributed by atoms with Crippen LogP contribution in [0.25, 0.3) is 0 Å². The normalized spacial score (nSPS) is 14.8. The Balaban J connectivity index is 4.63. The molecule has 0 bridgehead atoms. The maximum Gasteiger partial charge on any atom is 0.457 e. The summed E-state index contributed by atoms with van der Waals surface area (Å²) >= 11 is 0. The molecule has 0 amide bonds. The van der Waals surface area contributed by atoms with Crippen LogP contribution in [0.4, 0.5) is 22.0 Å². The van der Waals surface area contributed by atoms with E-state index in [0.29, 0.717) is 13.0 Å². The van der Waals surface area contributed by atoms with E-state index in [1.807, 2.05) is 0 Å². The second kappa shape index (κ2) is 4.04. The average Bonchev–Trinajstić information content (AvgIpc) is 1.97. The molecule has 0 atom stereocenters. The van der Waals surface area contributed by atoms with E-state index in [1.54, 1.807) is 0 Å². The molecule has 0 unspecified atom stereocenters. The topological polar surface area (TPSA) is 9.23 Å². The molecule has 13 heavy (non-hydrogen) atoms. The summed E-state index contributed by atoms with van der Waals surface area (Å²) < 4.78 is 64.2. The summed E-state index contributed by atoms with van der Waals surface area (Å²) in [5.41, 5.74) is -1.05. The van der Waals surface area contributed by atoms with Crippen molar-refractivity contribution in [1.82, 2.24) is 0 Å². The molecular weight excluding hydrogens is 195 g/mol. The predicted molar refractivity (Wildman–Crippen MR) is 36.6 cm³/mol. The van der Waals surface area contributed by atoms with E-state index in [2.05, 4.69) is 4.74 Å². The van der Waals surface area contributed by atoms with Crippen molar-refractivity contribution in [3.05, 3.63) is 11.6 Å². The summed E-state index contributed by atoms with van der Waals surface area (Å²) in [6.07, 6.45) is -4.84. The summed E-state index contributed by atoms with van der Waals surface area (Å²) in [4.78, 5) is 0. The van der Waals surface area contributed by atoms with E-state index < -0.39 is 17.7 Å². The lowest BCUT2D eigenvalue weighted by Crippen LogP contribution is -2.37. The van der Waals surface area contributed by atoms with Crippen molar-refractivity contribution >= 4 is 0 Å². The van der Waals surface area contributed by atoms with Gasteiger partial charge in [-0.2, -0.15) is 22.0 Å². The zero-order chi connectivity index (χ0) is 10.7. The number of methoxy groups -OCH3 is 1. The highest BCUT2D eigenvalue weighted by Crippen LogP contribution is 2.40. The molecule has 0 aromatic carbocycles. The Bertz CT molecular complexity index is 194. The molecule has 78 valence electrons. The summed E-state index contributed by atoms with van der Waals surface area (Å²) in [5, 5.41) is 0. The standard InChI is InChI=1S/C7H9F5O/c1-5(3-4-13-2)6(8,9)7(10,11)12/h3H,4H2,1-2H3/b5-3+. The van der Waals surface area contributed by atoms with Crippen molar-refractivity contribution in [1.29, 1.82) is 0 Å². The van der Waals surface area contributed by atoms with Crippen LogP contribution in [-0.4, -0.2) is 25.8 Å². The molecule has 0 N–H and O–H groups in total. The van der Waals surface area contributed by atoms with Crippen molar-refractivity contribution in [2.75, 3.05) is 13.7 Å². The minimum absolute atomic E-state index is 0.266. The number of rotatable bonds is 3. The molecule has 0 radical (unpaired) electrons. The van der Waals surface area contributed by atoms with E-state index >= 15 is 0 Å². The van der Waals surface area contributed by atoms with Gasteiger partial charge in [0.1, 0.15) is 0 Å². The maximum atomic E-state index is 12.4. The molecule has 1 nitrogen and oxygen atoms in total. The number of ether oxygens (including phenoxy) is 1. The van der Waals surface area contributed by atoms with Crippen LogP contribution in [-0.2, 0) is 4.74 Å². The molecule has 0 aliphatic heterocycles. The van der Waals surface area contributed by atoms with E-state index in [-0.39, 0.29) is 6.61 Å². The van der Waals surface area contributed by atoms with E-state index in [1.165, 1.54) is 7.11 Å². The molecule has 0 fully saturated rings. The van der Waals surface area contributed by atoms with Crippen molar-refractivity contribution < 1.29 is 26.7 Å². The first-order valence-corrected chi connectivity index (χ1v) is 3.34. The zero-order valence-corrected chi connectivity index (χ0v) is 7.08. The number of alkyl halides is 5. The first-order valence-electron chi connectivity index (χ1n) is 3.34. The van der Waals surface area contributed by atoms with Crippen molar-refractivity contribution in [2.24, 2.45) is 0 Å². The summed E-state index contributed by atoms with van der Waals surface area (Å²) in [6, 6.07) is 0. The Kier molecular flexibility index (Phi) is 3.84. The second-order valence-corrected chi connectivity index (χ2v) is 2.41. The minimum atomic E-state index is -5.54. The van der Waals surface area contributed by atoms with Crippen molar-refractivity contribution in [3.8, 4) is 0 Å². The van der Waals surface area contributed by atoms with Gasteiger partial charge < -0.3 is 4.74 Å². The third-order valence-corrected chi connectivity index (χ3v) is 1.41. The molecule has 0 aromatic rings. The quantitative estimate of drug-likeness (QED) is 0.507. The lowest BCUT2D eigenvalue weighted by atomic mass is 10.1. The monoisotopic (exact) mass is 204 g/mol. The smallest absolute Gasteiger partial charge is 0.381 e. The van der Waals surface area contributed by atoms with Crippen molar-refractivity contribution in [2.45, 2.75) is 19.0 Å². The fourth-order valence-electron chi connectivity index (χ4n) is 0.560. The number of halogens is 5. The van der Waals surface area contributed by atoms with Gasteiger partial charge >= 0.3 is 12.1 Å². The van der Waals surface area contributed by atoms with Crippen LogP contribution in [0, 0.1) is 0 Å². The molecule has 0 aromatic heterocycles. The molecule has 0 saturated heterocycles. The van der Waals surface area contributed by atoms with Crippen molar-refractivity contribution in [3.63, 3.8) is 0 Å². The van der Waals surface area contributed by atoms with Crippen LogP contribution in [0.2, 0.25) is 0 Å². The molecule has 0 aliphatic carbocycles. The van der Waals surface area contributed by atoms with Gasteiger partial charge in [0, 0.05) is 12.7 Å². The first-order chi connectivity index (χ1) is 5.73. The molecule has 6 heteroatoms. The Morgan fingerprint density at radius 2 is 1.69 bits per heavy atom. The Morgan fingerprint density at radius 1 is 1.23 bits per heavy atom. The summed E-state index contributed by atoms with van der Waals surface area (Å²) in [7, 11) is 1.20. The highest BCUT2D eigenvalue weighted by atomic mass is 19.4. The van der Waals surface area contributed by atoms with Gasteiger partial charge in [-0.15, -0.1) is 0 Å². The van der Waals surface area contributed by atoms with Crippen LogP contribution in [0.1, 0.15) is 6.92 Å². The fraction of sp³-hybridized carbons (Fsp3) is 0.714. The molecule has 0 heterocycles. The second-order valence-electron chi connectivity index (χ2n) is 2.41. The van der Waals surface area contributed by atoms with Crippen LogP contribution >= 0.6 is 0 Å². The third kappa shape index (κ3) is 2.95. The van der Waals surface area contributed by atoms with Gasteiger partial charge in [-0.25, -0.2) is 0 Å². The largest absolute Gasteiger partial charge is 0.457 e. The fourth-order valence-corrected chi connectivity index (χ4v) is 0.560. The van der Waals surface area contributed by atoms with Gasteiger partial charge in [0.15, 0.2) is 0 Å². The molecule has 0 aliphatic rings. The summed E-state index contributed by atoms with van der Waals surface area (Å²) in [6.45, 7) is 0.448. The predicted octanol–water partition coefficient (Wildman–Crippen LogP) is 2.78. The van der Waals surface area contributed by atoms with Crippen LogP contribution in [0.15, 0.2) is 11.6 Å². The van der Waals surface area contributed by atoms with Crippen LogP contribution in [0.5, 0.6) is 0 Å². The van der Waals surface area contributed by atoms with Crippen LogP contribution < -0.4 is 0 Å². The minimum Gasteiger partial charge on any atom is -0.381 e. The SMILES string of the molecule is COC/C=C(\C)C(F)(F)C(F)(F)F. The molecular formula is C7H9F5O. The summed E-state index contributed by atoms with van der Waals surface area (Å²) in [5.74, 6) is -4.77. The number of allylic oxidation sites excluding steroid dienone is 1. The Hall–Kier alpha value is -0.650. The van der Waals surface area contributed by atoms with Gasteiger partial charge in [-0.05, 0) is 6.92 Å². The highest BCUT2D eigenvalue weighted by molar-refractivity contribution is 5.12. The van der Waals surface area contributed by atoms with Gasteiger partial charge in [-0.3, -0.25) is 0 Å².